The predicted octanol–water partition coefficient (Wildman–Crippen LogP) is 3.78. The van der Waals surface area contributed by atoms with Crippen molar-refractivity contribution < 1.29 is 18.0 Å². The Morgan fingerprint density at radius 1 is 1.21 bits per heavy atom. The number of carbonyl (C=O) groups excluding carboxylic acids is 1. The maximum Gasteiger partial charge on any atom is 0.416 e. The molecule has 1 heterocycles. The number of pyridine rings is 1. The molecule has 0 saturated carbocycles. The molecule has 0 radical (unpaired) electrons. The summed E-state index contributed by atoms with van der Waals surface area (Å²) in [6.45, 7) is 1.91. The first kappa shape index (κ1) is 17.9. The lowest BCUT2D eigenvalue weighted by atomic mass is 10.0. The van der Waals surface area contributed by atoms with Crippen LogP contribution in [0.25, 0.3) is 0 Å². The Labute approximate surface area is 138 Å². The number of alkyl halides is 3. The molecule has 1 aromatic heterocycles. The summed E-state index contributed by atoms with van der Waals surface area (Å²) in [7, 11) is 0. The van der Waals surface area contributed by atoms with Gasteiger partial charge in [0.25, 0.3) is 0 Å². The zero-order chi connectivity index (χ0) is 17.6. The van der Waals surface area contributed by atoms with Crippen LogP contribution in [0.1, 0.15) is 30.5 Å². The van der Waals surface area contributed by atoms with E-state index in [1.807, 2.05) is 0 Å². The molecule has 2 aromatic rings. The first-order valence-corrected chi connectivity index (χ1v) is 7.47. The van der Waals surface area contributed by atoms with Gasteiger partial charge in [-0.2, -0.15) is 13.2 Å². The molecule has 0 aliphatic carbocycles. The minimum atomic E-state index is -4.40. The normalized spacial score (nSPS) is 12.7. The van der Waals surface area contributed by atoms with Gasteiger partial charge in [-0.3, -0.25) is 9.78 Å². The standard InChI is InChI=1S/C17H18F3N3O/c1-12(14-6-2-3-7-15(14)17(18,19)20)22-10-8-16(24)23-13-5-4-9-21-11-13/h2-7,9,11-12,22H,8,10H2,1H3,(H,23,24)/t12-/m1/s1. The smallest absolute Gasteiger partial charge is 0.325 e. The van der Waals surface area contributed by atoms with Gasteiger partial charge in [-0.25, -0.2) is 0 Å². The van der Waals surface area contributed by atoms with Gasteiger partial charge in [0, 0.05) is 25.2 Å². The van der Waals surface area contributed by atoms with Crippen molar-refractivity contribution in [3.63, 3.8) is 0 Å². The van der Waals surface area contributed by atoms with E-state index in [1.165, 1.54) is 18.3 Å². The van der Waals surface area contributed by atoms with Crippen molar-refractivity contribution >= 4 is 11.6 Å². The van der Waals surface area contributed by atoms with Crippen LogP contribution in [0.4, 0.5) is 18.9 Å². The summed E-state index contributed by atoms with van der Waals surface area (Å²) in [6, 6.07) is 8.32. The molecule has 2 N–H and O–H groups in total. The second-order valence-electron chi connectivity index (χ2n) is 5.30. The molecule has 0 saturated heterocycles. The van der Waals surface area contributed by atoms with Gasteiger partial charge in [-0.1, -0.05) is 18.2 Å². The molecule has 0 fully saturated rings. The van der Waals surface area contributed by atoms with E-state index in [0.717, 1.165) is 6.07 Å². The first-order valence-electron chi connectivity index (χ1n) is 7.47. The van der Waals surface area contributed by atoms with Gasteiger partial charge in [0.05, 0.1) is 17.4 Å². The zero-order valence-corrected chi connectivity index (χ0v) is 13.1. The molecule has 1 amide bonds. The molecule has 1 atom stereocenters. The van der Waals surface area contributed by atoms with Crippen LogP contribution in [0.5, 0.6) is 0 Å². The predicted molar refractivity (Wildman–Crippen MR) is 85.3 cm³/mol. The SMILES string of the molecule is C[C@@H](NCCC(=O)Nc1cccnc1)c1ccccc1C(F)(F)F. The molecule has 0 unspecified atom stereocenters. The summed E-state index contributed by atoms with van der Waals surface area (Å²) in [6.07, 6.45) is -1.14. The fraction of sp³-hybridized carbons (Fsp3) is 0.294. The van der Waals surface area contributed by atoms with E-state index in [0.29, 0.717) is 5.69 Å². The topological polar surface area (TPSA) is 54.0 Å². The largest absolute Gasteiger partial charge is 0.416 e. The van der Waals surface area contributed by atoms with E-state index in [-0.39, 0.29) is 24.4 Å². The molecule has 4 nitrogen and oxygen atoms in total. The highest BCUT2D eigenvalue weighted by Gasteiger charge is 2.33. The second kappa shape index (κ2) is 7.92. The fourth-order valence-electron chi connectivity index (χ4n) is 2.31. The average Bonchev–Trinajstić information content (AvgIpc) is 2.55. The van der Waals surface area contributed by atoms with Crippen LogP contribution < -0.4 is 10.6 Å². The Morgan fingerprint density at radius 2 is 1.96 bits per heavy atom. The van der Waals surface area contributed by atoms with E-state index in [1.54, 1.807) is 31.3 Å². The lowest BCUT2D eigenvalue weighted by Crippen LogP contribution is -2.26. The molecule has 1 aromatic carbocycles. The van der Waals surface area contributed by atoms with Crippen LogP contribution >= 0.6 is 0 Å². The van der Waals surface area contributed by atoms with Crippen LogP contribution in [-0.4, -0.2) is 17.4 Å². The highest BCUT2D eigenvalue weighted by Crippen LogP contribution is 2.34. The number of nitrogens with one attached hydrogen (secondary N) is 2. The van der Waals surface area contributed by atoms with Crippen molar-refractivity contribution in [2.75, 3.05) is 11.9 Å². The number of rotatable bonds is 6. The number of nitrogens with zero attached hydrogens (tertiary/aromatic N) is 1. The van der Waals surface area contributed by atoms with Crippen molar-refractivity contribution in [3.05, 3.63) is 59.9 Å². The molecular formula is C17H18F3N3O. The van der Waals surface area contributed by atoms with Gasteiger partial charge < -0.3 is 10.6 Å². The Hall–Kier alpha value is -2.41. The Bertz CT molecular complexity index is 674. The van der Waals surface area contributed by atoms with Crippen LogP contribution in [0.15, 0.2) is 48.8 Å². The fourth-order valence-corrected chi connectivity index (χ4v) is 2.31. The van der Waals surface area contributed by atoms with E-state index < -0.39 is 17.8 Å². The first-order chi connectivity index (χ1) is 11.4. The molecule has 0 spiro atoms. The third-order valence-corrected chi connectivity index (χ3v) is 3.48. The molecule has 0 aliphatic rings. The number of carbonyl (C=O) groups is 1. The summed E-state index contributed by atoms with van der Waals surface area (Å²) in [4.78, 5) is 15.7. The number of benzene rings is 1. The molecule has 24 heavy (non-hydrogen) atoms. The lowest BCUT2D eigenvalue weighted by molar-refractivity contribution is -0.138. The van der Waals surface area contributed by atoms with Crippen molar-refractivity contribution in [1.29, 1.82) is 0 Å². The number of hydrogen-bond acceptors (Lipinski definition) is 3. The van der Waals surface area contributed by atoms with Gasteiger partial charge in [0.15, 0.2) is 0 Å². The summed E-state index contributed by atoms with van der Waals surface area (Å²) >= 11 is 0. The zero-order valence-electron chi connectivity index (χ0n) is 13.1. The summed E-state index contributed by atoms with van der Waals surface area (Å²) in [5.74, 6) is -0.230. The molecular weight excluding hydrogens is 319 g/mol. The van der Waals surface area contributed by atoms with E-state index in [4.69, 9.17) is 0 Å². The van der Waals surface area contributed by atoms with Gasteiger partial charge in [-0.15, -0.1) is 0 Å². The van der Waals surface area contributed by atoms with Gasteiger partial charge >= 0.3 is 6.18 Å². The molecule has 2 rings (SSSR count). The Kier molecular flexibility index (Phi) is 5.92. The number of hydrogen-bond donors (Lipinski definition) is 2. The summed E-state index contributed by atoms with van der Waals surface area (Å²) in [5, 5.41) is 5.62. The highest BCUT2D eigenvalue weighted by atomic mass is 19.4. The summed E-state index contributed by atoms with van der Waals surface area (Å²) < 4.78 is 39.0. The maximum atomic E-state index is 13.0. The third-order valence-electron chi connectivity index (χ3n) is 3.48. The van der Waals surface area contributed by atoms with Crippen LogP contribution in [-0.2, 0) is 11.0 Å². The minimum Gasteiger partial charge on any atom is -0.325 e. The van der Waals surface area contributed by atoms with Crippen molar-refractivity contribution in [2.24, 2.45) is 0 Å². The van der Waals surface area contributed by atoms with E-state index >= 15 is 0 Å². The molecule has 128 valence electrons. The number of amides is 1. The molecule has 0 bridgehead atoms. The second-order valence-corrected chi connectivity index (χ2v) is 5.30. The maximum absolute atomic E-state index is 13.0. The average molecular weight is 337 g/mol. The van der Waals surface area contributed by atoms with Crippen LogP contribution in [0.2, 0.25) is 0 Å². The number of aromatic nitrogens is 1. The third kappa shape index (κ3) is 5.06. The Balaban J connectivity index is 1.88. The van der Waals surface area contributed by atoms with Crippen LogP contribution in [0, 0.1) is 0 Å². The van der Waals surface area contributed by atoms with E-state index in [2.05, 4.69) is 15.6 Å². The van der Waals surface area contributed by atoms with Gasteiger partial charge in [0.1, 0.15) is 0 Å². The lowest BCUT2D eigenvalue weighted by Gasteiger charge is -2.19. The number of anilines is 1. The molecule has 7 heteroatoms. The quantitative estimate of drug-likeness (QED) is 0.843. The molecule has 0 aliphatic heterocycles. The monoisotopic (exact) mass is 337 g/mol. The van der Waals surface area contributed by atoms with Gasteiger partial charge in [-0.05, 0) is 30.7 Å². The van der Waals surface area contributed by atoms with Gasteiger partial charge in [0.2, 0.25) is 5.91 Å². The van der Waals surface area contributed by atoms with E-state index in [9.17, 15) is 18.0 Å². The van der Waals surface area contributed by atoms with Crippen molar-refractivity contribution in [3.8, 4) is 0 Å². The Morgan fingerprint density at radius 3 is 2.62 bits per heavy atom. The van der Waals surface area contributed by atoms with Crippen molar-refractivity contribution in [2.45, 2.75) is 25.6 Å². The highest BCUT2D eigenvalue weighted by molar-refractivity contribution is 5.90. The minimum absolute atomic E-state index is 0.146. The van der Waals surface area contributed by atoms with Crippen LogP contribution in [0.3, 0.4) is 0 Å². The van der Waals surface area contributed by atoms with Crippen molar-refractivity contribution in [1.82, 2.24) is 10.3 Å². The summed E-state index contributed by atoms with van der Waals surface area (Å²) in [5.41, 5.74) is 0.0837. The number of halogens is 3.